The van der Waals surface area contributed by atoms with E-state index in [-0.39, 0.29) is 36.0 Å². The largest absolute Gasteiger partial charge is 0.353 e. The van der Waals surface area contributed by atoms with Crippen LogP contribution in [0.25, 0.3) is 0 Å². The van der Waals surface area contributed by atoms with Gasteiger partial charge < -0.3 is 9.88 Å². The Morgan fingerprint density at radius 2 is 1.79 bits per heavy atom. The molecule has 0 atom stereocenters. The highest BCUT2D eigenvalue weighted by molar-refractivity contribution is 9.10. The fourth-order valence-corrected chi connectivity index (χ4v) is 3.34. The van der Waals surface area contributed by atoms with E-state index in [2.05, 4.69) is 26.0 Å². The van der Waals surface area contributed by atoms with Crippen LogP contribution in [-0.4, -0.2) is 32.0 Å². The SMILES string of the molecule is O=C(Cn1cc(Br)ccc1=O)NCCNS(=O)(=O)c1ccccc1. The van der Waals surface area contributed by atoms with Crippen molar-refractivity contribution in [3.63, 3.8) is 0 Å². The van der Waals surface area contributed by atoms with Crippen LogP contribution in [0.15, 0.2) is 62.8 Å². The normalized spacial score (nSPS) is 11.2. The summed E-state index contributed by atoms with van der Waals surface area (Å²) in [4.78, 5) is 23.6. The van der Waals surface area contributed by atoms with Gasteiger partial charge in [-0.15, -0.1) is 0 Å². The van der Waals surface area contributed by atoms with Crippen LogP contribution in [0.3, 0.4) is 0 Å². The Labute approximate surface area is 147 Å². The third kappa shape index (κ3) is 5.29. The van der Waals surface area contributed by atoms with Crippen molar-refractivity contribution >= 4 is 31.9 Å². The van der Waals surface area contributed by atoms with Crippen molar-refractivity contribution < 1.29 is 13.2 Å². The van der Waals surface area contributed by atoms with Crippen LogP contribution in [0, 0.1) is 0 Å². The molecule has 1 aromatic heterocycles. The Kier molecular flexibility index (Phi) is 6.29. The summed E-state index contributed by atoms with van der Waals surface area (Å²) < 4.78 is 28.3. The molecule has 9 heteroatoms. The van der Waals surface area contributed by atoms with E-state index < -0.39 is 10.0 Å². The summed E-state index contributed by atoms with van der Waals surface area (Å²) in [6.07, 6.45) is 1.51. The first-order chi connectivity index (χ1) is 11.4. The lowest BCUT2D eigenvalue weighted by Crippen LogP contribution is -2.37. The van der Waals surface area contributed by atoms with E-state index in [9.17, 15) is 18.0 Å². The third-order valence-corrected chi connectivity index (χ3v) is 5.00. The summed E-state index contributed by atoms with van der Waals surface area (Å²) in [7, 11) is -3.59. The van der Waals surface area contributed by atoms with Gasteiger partial charge in [-0.2, -0.15) is 0 Å². The van der Waals surface area contributed by atoms with Crippen molar-refractivity contribution in [3.8, 4) is 0 Å². The minimum Gasteiger partial charge on any atom is -0.353 e. The van der Waals surface area contributed by atoms with Crippen LogP contribution >= 0.6 is 15.9 Å². The Morgan fingerprint density at radius 1 is 1.08 bits per heavy atom. The lowest BCUT2D eigenvalue weighted by atomic mass is 10.4. The molecule has 1 aromatic carbocycles. The van der Waals surface area contributed by atoms with Gasteiger partial charge >= 0.3 is 0 Å². The fraction of sp³-hybridized carbons (Fsp3) is 0.200. The summed E-state index contributed by atoms with van der Waals surface area (Å²) in [6, 6.07) is 10.9. The van der Waals surface area contributed by atoms with Crippen LogP contribution < -0.4 is 15.6 Å². The Bertz CT molecular complexity index is 866. The molecule has 0 radical (unpaired) electrons. The van der Waals surface area contributed by atoms with E-state index in [4.69, 9.17) is 0 Å². The number of sulfonamides is 1. The molecule has 7 nitrogen and oxygen atoms in total. The summed E-state index contributed by atoms with van der Waals surface area (Å²) in [6.45, 7) is 0.0354. The van der Waals surface area contributed by atoms with E-state index in [1.165, 1.54) is 29.0 Å². The number of halogens is 1. The van der Waals surface area contributed by atoms with Crippen LogP contribution in [0.5, 0.6) is 0 Å². The second-order valence-electron chi connectivity index (χ2n) is 4.87. The molecular formula is C15H16BrN3O4S. The van der Waals surface area contributed by atoms with E-state index in [1.54, 1.807) is 24.3 Å². The van der Waals surface area contributed by atoms with Crippen LogP contribution in [0.1, 0.15) is 0 Å². The molecule has 0 spiro atoms. The molecule has 0 aliphatic rings. The van der Waals surface area contributed by atoms with Crippen LogP contribution in [-0.2, 0) is 21.4 Å². The molecule has 128 valence electrons. The van der Waals surface area contributed by atoms with Crippen molar-refractivity contribution in [2.24, 2.45) is 0 Å². The van der Waals surface area contributed by atoms with Gasteiger partial charge in [-0.25, -0.2) is 13.1 Å². The maximum Gasteiger partial charge on any atom is 0.251 e. The van der Waals surface area contributed by atoms with Crippen LogP contribution in [0.2, 0.25) is 0 Å². The van der Waals surface area contributed by atoms with E-state index in [1.807, 2.05) is 0 Å². The standard InChI is InChI=1S/C15H16BrN3O4S/c16-12-6-7-15(21)19(10-12)11-14(20)17-8-9-18-24(22,23)13-4-2-1-3-5-13/h1-7,10,18H,8-9,11H2,(H,17,20). The number of rotatable bonds is 7. The number of benzene rings is 1. The third-order valence-electron chi connectivity index (χ3n) is 3.05. The van der Waals surface area contributed by atoms with Gasteiger partial charge in [0.25, 0.3) is 5.56 Å². The molecule has 2 N–H and O–H groups in total. The van der Waals surface area contributed by atoms with Crippen molar-refractivity contribution in [2.75, 3.05) is 13.1 Å². The number of amides is 1. The number of hydrogen-bond acceptors (Lipinski definition) is 4. The Hall–Kier alpha value is -1.97. The molecule has 0 fully saturated rings. The van der Waals surface area contributed by atoms with Gasteiger partial charge in [0.05, 0.1) is 4.90 Å². The number of aromatic nitrogens is 1. The summed E-state index contributed by atoms with van der Waals surface area (Å²) >= 11 is 3.23. The Morgan fingerprint density at radius 3 is 2.50 bits per heavy atom. The van der Waals surface area contributed by atoms with Gasteiger partial charge in [-0.1, -0.05) is 18.2 Å². The zero-order chi connectivity index (χ0) is 17.6. The molecule has 0 unspecified atom stereocenters. The van der Waals surface area contributed by atoms with Gasteiger partial charge in [0, 0.05) is 29.8 Å². The lowest BCUT2D eigenvalue weighted by Gasteiger charge is -2.09. The molecule has 0 saturated heterocycles. The second kappa shape index (κ2) is 8.22. The number of nitrogens with zero attached hydrogens (tertiary/aromatic N) is 1. The number of carbonyl (C=O) groups is 1. The highest BCUT2D eigenvalue weighted by atomic mass is 79.9. The minimum absolute atomic E-state index is 0.0519. The molecule has 2 aromatic rings. The van der Waals surface area contributed by atoms with Crippen molar-refractivity contribution in [1.29, 1.82) is 0 Å². The average Bonchev–Trinajstić information content (AvgIpc) is 2.56. The quantitative estimate of drug-likeness (QED) is 0.652. The Balaban J connectivity index is 1.81. The summed E-state index contributed by atoms with van der Waals surface area (Å²) in [5, 5.41) is 2.56. The molecule has 0 saturated carbocycles. The predicted molar refractivity (Wildman–Crippen MR) is 93.0 cm³/mol. The number of hydrogen-bond donors (Lipinski definition) is 2. The molecule has 0 aliphatic carbocycles. The smallest absolute Gasteiger partial charge is 0.251 e. The van der Waals surface area contributed by atoms with Crippen molar-refractivity contribution in [3.05, 3.63) is 63.5 Å². The first-order valence-electron chi connectivity index (χ1n) is 7.06. The fourth-order valence-electron chi connectivity index (χ4n) is 1.91. The first-order valence-corrected chi connectivity index (χ1v) is 9.33. The second-order valence-corrected chi connectivity index (χ2v) is 7.56. The topological polar surface area (TPSA) is 97.3 Å². The molecule has 0 bridgehead atoms. The molecule has 2 rings (SSSR count). The number of carbonyl (C=O) groups excluding carboxylic acids is 1. The number of nitrogens with one attached hydrogen (secondary N) is 2. The summed E-state index contributed by atoms with van der Waals surface area (Å²) in [5.74, 6) is -0.380. The van der Waals surface area contributed by atoms with E-state index in [0.29, 0.717) is 4.47 Å². The monoisotopic (exact) mass is 413 g/mol. The molecule has 24 heavy (non-hydrogen) atoms. The van der Waals surface area contributed by atoms with E-state index in [0.717, 1.165) is 0 Å². The summed E-state index contributed by atoms with van der Waals surface area (Å²) in [5.41, 5.74) is -0.293. The van der Waals surface area contributed by atoms with E-state index >= 15 is 0 Å². The van der Waals surface area contributed by atoms with Crippen molar-refractivity contribution in [1.82, 2.24) is 14.6 Å². The zero-order valence-corrected chi connectivity index (χ0v) is 15.0. The lowest BCUT2D eigenvalue weighted by molar-refractivity contribution is -0.121. The first kappa shape index (κ1) is 18.4. The highest BCUT2D eigenvalue weighted by Gasteiger charge is 2.12. The maximum atomic E-state index is 12.0. The average molecular weight is 414 g/mol. The zero-order valence-electron chi connectivity index (χ0n) is 12.6. The predicted octanol–water partition coefficient (Wildman–Crippen LogP) is 0.705. The van der Waals surface area contributed by atoms with Gasteiger partial charge in [0.15, 0.2) is 0 Å². The molecule has 1 amide bonds. The van der Waals surface area contributed by atoms with Crippen LogP contribution in [0.4, 0.5) is 0 Å². The van der Waals surface area contributed by atoms with Gasteiger partial charge in [0.1, 0.15) is 6.54 Å². The molecule has 0 aliphatic heterocycles. The minimum atomic E-state index is -3.59. The molecule has 1 heterocycles. The van der Waals surface area contributed by atoms with Gasteiger partial charge in [-0.3, -0.25) is 9.59 Å². The van der Waals surface area contributed by atoms with Gasteiger partial charge in [-0.05, 0) is 34.1 Å². The maximum absolute atomic E-state index is 12.0. The van der Waals surface area contributed by atoms with Crippen molar-refractivity contribution in [2.45, 2.75) is 11.4 Å². The van der Waals surface area contributed by atoms with Gasteiger partial charge in [0.2, 0.25) is 15.9 Å². The number of pyridine rings is 1. The highest BCUT2D eigenvalue weighted by Crippen LogP contribution is 2.06. The molecular weight excluding hydrogens is 398 g/mol.